The van der Waals surface area contributed by atoms with Crippen LogP contribution in [0.25, 0.3) is 0 Å². The van der Waals surface area contributed by atoms with E-state index >= 15 is 0 Å². The van der Waals surface area contributed by atoms with Crippen LogP contribution in [-0.2, 0) is 0 Å². The Balaban J connectivity index is 2.81. The van der Waals surface area contributed by atoms with Crippen molar-refractivity contribution in [3.8, 4) is 0 Å². The van der Waals surface area contributed by atoms with E-state index in [4.69, 9.17) is 18.0 Å². The highest BCUT2D eigenvalue weighted by Crippen LogP contribution is 2.13. The van der Waals surface area contributed by atoms with Crippen molar-refractivity contribution < 1.29 is 4.79 Å². The van der Waals surface area contributed by atoms with Crippen LogP contribution in [0.3, 0.4) is 0 Å². The molecule has 0 saturated heterocycles. The van der Waals surface area contributed by atoms with Gasteiger partial charge < -0.3 is 10.6 Å². The van der Waals surface area contributed by atoms with E-state index in [1.165, 1.54) is 5.56 Å². The van der Waals surface area contributed by atoms with Crippen LogP contribution in [-0.4, -0.2) is 28.9 Å². The van der Waals surface area contributed by atoms with Crippen molar-refractivity contribution in [2.75, 3.05) is 13.1 Å². The number of hydrogen-bond donors (Lipinski definition) is 1. The lowest BCUT2D eigenvalue weighted by Crippen LogP contribution is -2.34. The molecular weight excluding hydrogens is 280 g/mol. The van der Waals surface area contributed by atoms with Crippen LogP contribution >= 0.6 is 12.2 Å². The largest absolute Gasteiger partial charge is 0.393 e. The molecule has 0 saturated carbocycles. The fourth-order valence-electron chi connectivity index (χ4n) is 2.17. The van der Waals surface area contributed by atoms with Gasteiger partial charge in [0.2, 0.25) is 0 Å². The highest BCUT2D eigenvalue weighted by molar-refractivity contribution is 7.80. The van der Waals surface area contributed by atoms with Gasteiger partial charge in [0.05, 0.1) is 4.99 Å². The zero-order valence-electron chi connectivity index (χ0n) is 13.3. The van der Waals surface area contributed by atoms with Crippen molar-refractivity contribution in [1.82, 2.24) is 4.90 Å². The summed E-state index contributed by atoms with van der Waals surface area (Å²) in [6.07, 6.45) is 3.87. The summed E-state index contributed by atoms with van der Waals surface area (Å²) in [7, 11) is 0. The van der Waals surface area contributed by atoms with Crippen molar-refractivity contribution in [2.24, 2.45) is 5.73 Å². The molecular formula is C17H26N2OS. The number of amides is 1. The molecule has 0 unspecified atom stereocenters. The normalized spacial score (nSPS) is 10.4. The van der Waals surface area contributed by atoms with Gasteiger partial charge in [-0.25, -0.2) is 0 Å². The number of unbranched alkanes of at least 4 members (excludes halogenated alkanes) is 2. The highest BCUT2D eigenvalue weighted by Gasteiger charge is 2.16. The standard InChI is InChI=1S/C17H26N2OS/c1-4-5-6-10-19(11-9-16(18)21)17(20)15-8-7-13(2)14(3)12-15/h7-8,12H,4-6,9-11H2,1-3H3,(H2,18,21). The molecule has 0 aromatic heterocycles. The molecule has 1 aromatic rings. The lowest BCUT2D eigenvalue weighted by Gasteiger charge is -2.23. The van der Waals surface area contributed by atoms with Crippen LogP contribution < -0.4 is 5.73 Å². The maximum Gasteiger partial charge on any atom is 0.253 e. The number of benzene rings is 1. The number of carbonyl (C=O) groups is 1. The Morgan fingerprint density at radius 1 is 1.19 bits per heavy atom. The summed E-state index contributed by atoms with van der Waals surface area (Å²) in [5, 5.41) is 0. The topological polar surface area (TPSA) is 46.3 Å². The third-order valence-corrected chi connectivity index (χ3v) is 3.90. The van der Waals surface area contributed by atoms with E-state index in [2.05, 4.69) is 13.8 Å². The molecule has 1 amide bonds. The predicted octanol–water partition coefficient (Wildman–Crippen LogP) is 3.61. The Morgan fingerprint density at radius 3 is 2.48 bits per heavy atom. The first-order valence-corrected chi connectivity index (χ1v) is 8.01. The number of nitrogens with two attached hydrogens (primary N) is 1. The smallest absolute Gasteiger partial charge is 0.253 e. The van der Waals surface area contributed by atoms with Gasteiger partial charge in [0.25, 0.3) is 5.91 Å². The summed E-state index contributed by atoms with van der Waals surface area (Å²) in [5.74, 6) is 0.0745. The van der Waals surface area contributed by atoms with Crippen LogP contribution in [0, 0.1) is 13.8 Å². The second-order valence-electron chi connectivity index (χ2n) is 5.51. The van der Waals surface area contributed by atoms with Gasteiger partial charge in [0, 0.05) is 25.1 Å². The molecule has 3 nitrogen and oxygen atoms in total. The molecule has 21 heavy (non-hydrogen) atoms. The molecule has 0 heterocycles. The summed E-state index contributed by atoms with van der Waals surface area (Å²) in [6.45, 7) is 7.61. The Kier molecular flexibility index (Phi) is 7.37. The number of hydrogen-bond acceptors (Lipinski definition) is 2. The first kappa shape index (κ1) is 17.6. The Labute approximate surface area is 133 Å². The maximum atomic E-state index is 12.7. The van der Waals surface area contributed by atoms with Crippen molar-refractivity contribution in [1.29, 1.82) is 0 Å². The number of thiocarbonyl (C=S) groups is 1. The van der Waals surface area contributed by atoms with Gasteiger partial charge in [-0.05, 0) is 43.5 Å². The van der Waals surface area contributed by atoms with Gasteiger partial charge in [0.15, 0.2) is 0 Å². The lowest BCUT2D eigenvalue weighted by molar-refractivity contribution is 0.0757. The molecule has 1 rings (SSSR count). The van der Waals surface area contributed by atoms with E-state index in [0.717, 1.165) is 36.9 Å². The molecule has 0 spiro atoms. The minimum absolute atomic E-state index is 0.0745. The van der Waals surface area contributed by atoms with Gasteiger partial charge >= 0.3 is 0 Å². The minimum Gasteiger partial charge on any atom is -0.393 e. The number of carbonyl (C=O) groups excluding carboxylic acids is 1. The summed E-state index contributed by atoms with van der Waals surface area (Å²) in [6, 6.07) is 5.86. The van der Waals surface area contributed by atoms with Gasteiger partial charge in [-0.15, -0.1) is 0 Å². The first-order valence-electron chi connectivity index (χ1n) is 7.60. The molecule has 0 radical (unpaired) electrons. The molecule has 4 heteroatoms. The van der Waals surface area contributed by atoms with Crippen LogP contribution in [0.4, 0.5) is 0 Å². The van der Waals surface area contributed by atoms with Crippen molar-refractivity contribution in [3.05, 3.63) is 34.9 Å². The van der Waals surface area contributed by atoms with Gasteiger partial charge in [0.1, 0.15) is 0 Å². The van der Waals surface area contributed by atoms with E-state index in [1.807, 2.05) is 30.0 Å². The van der Waals surface area contributed by atoms with Gasteiger partial charge in [-0.2, -0.15) is 0 Å². The van der Waals surface area contributed by atoms with Crippen LogP contribution in [0.5, 0.6) is 0 Å². The summed E-state index contributed by atoms with van der Waals surface area (Å²) in [5.41, 5.74) is 8.66. The zero-order chi connectivity index (χ0) is 15.8. The number of aryl methyl sites for hydroxylation is 2. The molecule has 0 bridgehead atoms. The maximum absolute atomic E-state index is 12.7. The highest BCUT2D eigenvalue weighted by atomic mass is 32.1. The minimum atomic E-state index is 0.0745. The van der Waals surface area contributed by atoms with E-state index in [1.54, 1.807) is 0 Å². The molecule has 0 aliphatic carbocycles. The molecule has 0 fully saturated rings. The average Bonchev–Trinajstić information content (AvgIpc) is 2.44. The summed E-state index contributed by atoms with van der Waals surface area (Å²) < 4.78 is 0. The van der Waals surface area contributed by atoms with E-state index in [9.17, 15) is 4.79 Å². The lowest BCUT2D eigenvalue weighted by atomic mass is 10.1. The third kappa shape index (κ3) is 5.84. The number of rotatable bonds is 8. The SMILES string of the molecule is CCCCCN(CCC(N)=S)C(=O)c1ccc(C)c(C)c1. The van der Waals surface area contributed by atoms with Crippen LogP contribution in [0.15, 0.2) is 18.2 Å². The summed E-state index contributed by atoms with van der Waals surface area (Å²) in [4.78, 5) is 15.0. The van der Waals surface area contributed by atoms with Crippen molar-refractivity contribution >= 4 is 23.1 Å². The van der Waals surface area contributed by atoms with Gasteiger partial charge in [-0.1, -0.05) is 38.0 Å². The van der Waals surface area contributed by atoms with Crippen LogP contribution in [0.2, 0.25) is 0 Å². The average molecular weight is 306 g/mol. The molecule has 0 atom stereocenters. The molecule has 2 N–H and O–H groups in total. The molecule has 116 valence electrons. The third-order valence-electron chi connectivity index (χ3n) is 3.70. The molecule has 0 aliphatic rings. The fourth-order valence-corrected chi connectivity index (χ4v) is 2.26. The molecule has 1 aromatic carbocycles. The van der Waals surface area contributed by atoms with Crippen molar-refractivity contribution in [2.45, 2.75) is 46.5 Å². The quantitative estimate of drug-likeness (QED) is 0.589. The monoisotopic (exact) mass is 306 g/mol. The summed E-state index contributed by atoms with van der Waals surface area (Å²) >= 11 is 4.93. The zero-order valence-corrected chi connectivity index (χ0v) is 14.1. The molecule has 0 aliphatic heterocycles. The Hall–Kier alpha value is -1.42. The van der Waals surface area contributed by atoms with E-state index in [-0.39, 0.29) is 5.91 Å². The Morgan fingerprint density at radius 2 is 1.90 bits per heavy atom. The fraction of sp³-hybridized carbons (Fsp3) is 0.529. The first-order chi connectivity index (χ1) is 9.95. The van der Waals surface area contributed by atoms with Crippen molar-refractivity contribution in [3.63, 3.8) is 0 Å². The van der Waals surface area contributed by atoms with Crippen LogP contribution in [0.1, 0.15) is 54.1 Å². The number of nitrogens with zero attached hydrogens (tertiary/aromatic N) is 1. The van der Waals surface area contributed by atoms with Gasteiger partial charge in [-0.3, -0.25) is 4.79 Å². The second kappa shape index (κ2) is 8.78. The predicted molar refractivity (Wildman–Crippen MR) is 92.7 cm³/mol. The van der Waals surface area contributed by atoms with E-state index < -0.39 is 0 Å². The second-order valence-corrected chi connectivity index (χ2v) is 6.04. The Bertz CT molecular complexity index is 500. The van der Waals surface area contributed by atoms with E-state index in [0.29, 0.717) is 18.0 Å².